The van der Waals surface area contributed by atoms with Crippen LogP contribution in [0.5, 0.6) is 5.75 Å². The molecule has 4 nitrogen and oxygen atoms in total. The van der Waals surface area contributed by atoms with Gasteiger partial charge in [-0.3, -0.25) is 4.72 Å². The maximum Gasteiger partial charge on any atom is 0.261 e. The van der Waals surface area contributed by atoms with Crippen molar-refractivity contribution in [2.75, 3.05) is 11.8 Å². The van der Waals surface area contributed by atoms with Gasteiger partial charge in [0.25, 0.3) is 10.0 Å². The zero-order chi connectivity index (χ0) is 17.2. The van der Waals surface area contributed by atoms with Gasteiger partial charge >= 0.3 is 0 Å². The molecule has 23 heavy (non-hydrogen) atoms. The normalized spacial score (nSPS) is 11.6. The SMILES string of the molecule is COc1ccc(S(=O)(=O)Nc2ccc(F)c(F)c2)cc1C(C)C. The second-order valence-electron chi connectivity index (χ2n) is 5.29. The van der Waals surface area contributed by atoms with Gasteiger partial charge < -0.3 is 4.74 Å². The number of nitrogens with one attached hydrogen (secondary N) is 1. The topological polar surface area (TPSA) is 55.4 Å². The van der Waals surface area contributed by atoms with Crippen LogP contribution < -0.4 is 9.46 Å². The highest BCUT2D eigenvalue weighted by molar-refractivity contribution is 7.92. The highest BCUT2D eigenvalue weighted by Gasteiger charge is 2.18. The summed E-state index contributed by atoms with van der Waals surface area (Å²) in [5.74, 6) is -1.52. The predicted molar refractivity (Wildman–Crippen MR) is 84.2 cm³/mol. The third-order valence-corrected chi connectivity index (χ3v) is 4.68. The van der Waals surface area contributed by atoms with E-state index in [1.807, 2.05) is 13.8 Å². The van der Waals surface area contributed by atoms with Crippen molar-refractivity contribution >= 4 is 15.7 Å². The van der Waals surface area contributed by atoms with Crippen LogP contribution in [0.25, 0.3) is 0 Å². The highest BCUT2D eigenvalue weighted by Crippen LogP contribution is 2.29. The Morgan fingerprint density at radius 2 is 1.74 bits per heavy atom. The predicted octanol–water partition coefficient (Wildman–Crippen LogP) is 3.90. The van der Waals surface area contributed by atoms with Gasteiger partial charge in [0.05, 0.1) is 17.7 Å². The lowest BCUT2D eigenvalue weighted by molar-refractivity contribution is 0.407. The summed E-state index contributed by atoms with van der Waals surface area (Å²) in [5.41, 5.74) is 0.687. The van der Waals surface area contributed by atoms with Crippen molar-refractivity contribution < 1.29 is 21.9 Å². The Labute approximate surface area is 134 Å². The van der Waals surface area contributed by atoms with Gasteiger partial charge in [-0.2, -0.15) is 0 Å². The minimum Gasteiger partial charge on any atom is -0.496 e. The van der Waals surface area contributed by atoms with Crippen LogP contribution in [0.15, 0.2) is 41.3 Å². The van der Waals surface area contributed by atoms with Crippen LogP contribution in [-0.4, -0.2) is 15.5 Å². The van der Waals surface area contributed by atoms with E-state index in [2.05, 4.69) is 4.72 Å². The van der Waals surface area contributed by atoms with Crippen molar-refractivity contribution in [3.05, 3.63) is 53.6 Å². The molecule has 2 rings (SSSR count). The summed E-state index contributed by atoms with van der Waals surface area (Å²) in [6, 6.07) is 7.27. The smallest absolute Gasteiger partial charge is 0.261 e. The number of hydrogen-bond acceptors (Lipinski definition) is 3. The van der Waals surface area contributed by atoms with Crippen LogP contribution in [0, 0.1) is 11.6 Å². The number of hydrogen-bond donors (Lipinski definition) is 1. The molecule has 0 unspecified atom stereocenters. The van der Waals surface area contributed by atoms with Crippen LogP contribution in [0.4, 0.5) is 14.5 Å². The molecular weight excluding hydrogens is 324 g/mol. The fraction of sp³-hybridized carbons (Fsp3) is 0.250. The van der Waals surface area contributed by atoms with E-state index in [4.69, 9.17) is 4.74 Å². The van der Waals surface area contributed by atoms with Crippen molar-refractivity contribution in [2.24, 2.45) is 0 Å². The number of halogens is 2. The Hall–Kier alpha value is -2.15. The zero-order valence-corrected chi connectivity index (χ0v) is 13.7. The molecule has 0 amide bonds. The Kier molecular flexibility index (Phi) is 4.89. The van der Waals surface area contributed by atoms with Crippen LogP contribution in [0.1, 0.15) is 25.3 Å². The van der Waals surface area contributed by atoms with E-state index in [9.17, 15) is 17.2 Å². The molecule has 0 bridgehead atoms. The van der Waals surface area contributed by atoms with Gasteiger partial charge in [0.2, 0.25) is 0 Å². The van der Waals surface area contributed by atoms with Crippen LogP contribution >= 0.6 is 0 Å². The Balaban J connectivity index is 2.39. The van der Waals surface area contributed by atoms with E-state index < -0.39 is 21.7 Å². The molecule has 124 valence electrons. The number of ether oxygens (including phenoxy) is 1. The summed E-state index contributed by atoms with van der Waals surface area (Å²) in [6.45, 7) is 3.83. The second kappa shape index (κ2) is 6.54. The lowest BCUT2D eigenvalue weighted by Gasteiger charge is -2.14. The van der Waals surface area contributed by atoms with Gasteiger partial charge in [0.15, 0.2) is 11.6 Å². The molecule has 7 heteroatoms. The molecule has 0 radical (unpaired) electrons. The molecule has 0 saturated carbocycles. The molecule has 0 aromatic heterocycles. The van der Waals surface area contributed by atoms with Crippen molar-refractivity contribution in [2.45, 2.75) is 24.7 Å². The third-order valence-electron chi connectivity index (χ3n) is 3.31. The van der Waals surface area contributed by atoms with E-state index in [1.165, 1.54) is 19.2 Å². The number of sulfonamides is 1. The molecular formula is C16H17F2NO3S. The van der Waals surface area contributed by atoms with Gasteiger partial charge in [0, 0.05) is 6.07 Å². The standard InChI is InChI=1S/C16H17F2NO3S/c1-10(2)13-9-12(5-7-16(13)22-3)23(20,21)19-11-4-6-14(17)15(18)8-11/h4-10,19H,1-3H3. The summed E-state index contributed by atoms with van der Waals surface area (Å²) in [5, 5.41) is 0. The highest BCUT2D eigenvalue weighted by atomic mass is 32.2. The summed E-state index contributed by atoms with van der Waals surface area (Å²) < 4.78 is 58.4. The molecule has 0 spiro atoms. The van der Waals surface area contributed by atoms with Crippen LogP contribution in [0.2, 0.25) is 0 Å². The number of benzene rings is 2. The Morgan fingerprint density at radius 1 is 1.04 bits per heavy atom. The molecule has 0 saturated heterocycles. The first kappa shape index (κ1) is 17.2. The van der Waals surface area contributed by atoms with Crippen molar-refractivity contribution in [1.29, 1.82) is 0 Å². The quantitative estimate of drug-likeness (QED) is 0.897. The third kappa shape index (κ3) is 3.79. The van der Waals surface area contributed by atoms with Gasteiger partial charge in [0.1, 0.15) is 5.75 Å². The molecule has 0 fully saturated rings. The fourth-order valence-electron chi connectivity index (χ4n) is 2.10. The maximum atomic E-state index is 13.2. The van der Waals surface area contributed by atoms with Gasteiger partial charge in [-0.05, 0) is 41.8 Å². The molecule has 0 heterocycles. The molecule has 2 aromatic rings. The molecule has 2 aromatic carbocycles. The molecule has 0 aliphatic heterocycles. The van der Waals surface area contributed by atoms with Crippen molar-refractivity contribution in [3.8, 4) is 5.75 Å². The Bertz CT molecular complexity index is 820. The summed E-state index contributed by atoms with van der Waals surface area (Å²) in [7, 11) is -2.41. The van der Waals surface area contributed by atoms with Crippen molar-refractivity contribution in [3.63, 3.8) is 0 Å². The van der Waals surface area contributed by atoms with E-state index >= 15 is 0 Å². The average molecular weight is 341 g/mol. The maximum absolute atomic E-state index is 13.2. The van der Waals surface area contributed by atoms with Gasteiger partial charge in [-0.15, -0.1) is 0 Å². The van der Waals surface area contributed by atoms with Crippen molar-refractivity contribution in [1.82, 2.24) is 0 Å². The second-order valence-corrected chi connectivity index (χ2v) is 6.98. The largest absolute Gasteiger partial charge is 0.496 e. The zero-order valence-electron chi connectivity index (χ0n) is 12.9. The average Bonchev–Trinajstić information content (AvgIpc) is 2.50. The van der Waals surface area contributed by atoms with Gasteiger partial charge in [-0.25, -0.2) is 17.2 Å². The minimum absolute atomic E-state index is 0.0201. The first-order valence-corrected chi connectivity index (χ1v) is 8.38. The minimum atomic E-state index is -3.92. The lowest BCUT2D eigenvalue weighted by Crippen LogP contribution is -2.14. The fourth-order valence-corrected chi connectivity index (χ4v) is 3.19. The summed E-state index contributed by atoms with van der Waals surface area (Å²) in [6.07, 6.45) is 0. The number of methoxy groups -OCH3 is 1. The van der Waals surface area contributed by atoms with E-state index in [0.717, 1.165) is 23.8 Å². The number of anilines is 1. The molecule has 0 atom stereocenters. The lowest BCUT2D eigenvalue weighted by atomic mass is 10.0. The van der Waals surface area contributed by atoms with Crippen LogP contribution in [0.3, 0.4) is 0 Å². The first-order chi connectivity index (χ1) is 10.7. The van der Waals surface area contributed by atoms with E-state index in [1.54, 1.807) is 6.07 Å². The van der Waals surface area contributed by atoms with E-state index in [0.29, 0.717) is 5.75 Å². The monoisotopic (exact) mass is 341 g/mol. The molecule has 0 aliphatic rings. The van der Waals surface area contributed by atoms with Crippen LogP contribution in [-0.2, 0) is 10.0 Å². The number of rotatable bonds is 5. The molecule has 0 aliphatic carbocycles. The molecule has 1 N–H and O–H groups in total. The van der Waals surface area contributed by atoms with E-state index in [-0.39, 0.29) is 16.5 Å². The summed E-state index contributed by atoms with van der Waals surface area (Å²) >= 11 is 0. The van der Waals surface area contributed by atoms with Gasteiger partial charge in [-0.1, -0.05) is 13.8 Å². The first-order valence-electron chi connectivity index (χ1n) is 6.90. The Morgan fingerprint density at radius 3 is 2.30 bits per heavy atom. The summed E-state index contributed by atoms with van der Waals surface area (Å²) in [4.78, 5) is 0.0201.